The molecule has 0 atom stereocenters. The van der Waals surface area contributed by atoms with Crippen molar-refractivity contribution in [2.24, 2.45) is 10.7 Å². The number of halogens is 2. The normalized spacial score (nSPS) is 14.2. The summed E-state index contributed by atoms with van der Waals surface area (Å²) in [6.45, 7) is 0.377. The molecular formula is C21H27ClIN3O3. The van der Waals surface area contributed by atoms with Gasteiger partial charge in [0.15, 0.2) is 17.5 Å². The Morgan fingerprint density at radius 3 is 2.52 bits per heavy atom. The topological polar surface area (TPSA) is 78.1 Å². The highest BCUT2D eigenvalue weighted by atomic mass is 127. The maximum atomic E-state index is 6.23. The van der Waals surface area contributed by atoms with Crippen LogP contribution in [0.2, 0.25) is 5.02 Å². The van der Waals surface area contributed by atoms with Gasteiger partial charge >= 0.3 is 0 Å². The number of nitrogens with two attached hydrogens (primary N) is 1. The summed E-state index contributed by atoms with van der Waals surface area (Å²) in [5.41, 5.74) is 7.72. The summed E-state index contributed by atoms with van der Waals surface area (Å²) in [7, 11) is 3.22. The molecule has 1 aliphatic rings. The van der Waals surface area contributed by atoms with Crippen molar-refractivity contribution in [3.63, 3.8) is 0 Å². The second-order valence-electron chi connectivity index (χ2n) is 6.65. The zero-order valence-electron chi connectivity index (χ0n) is 16.6. The molecular weight excluding hydrogens is 505 g/mol. The fraction of sp³-hybridized carbons (Fsp3) is 0.381. The zero-order valence-corrected chi connectivity index (χ0v) is 19.7. The molecule has 2 aromatic rings. The van der Waals surface area contributed by atoms with Crippen molar-refractivity contribution >= 4 is 47.2 Å². The highest BCUT2D eigenvalue weighted by molar-refractivity contribution is 14.0. The van der Waals surface area contributed by atoms with Crippen molar-refractivity contribution in [3.8, 4) is 17.2 Å². The highest BCUT2D eigenvalue weighted by Gasteiger charge is 2.20. The van der Waals surface area contributed by atoms with E-state index in [0.29, 0.717) is 23.1 Å². The molecule has 2 aromatic carbocycles. The summed E-state index contributed by atoms with van der Waals surface area (Å²) in [6.07, 6.45) is 4.78. The third kappa shape index (κ3) is 6.30. The third-order valence-corrected chi connectivity index (χ3v) is 5.01. The van der Waals surface area contributed by atoms with Crippen LogP contribution < -0.4 is 25.3 Å². The van der Waals surface area contributed by atoms with Gasteiger partial charge in [-0.25, -0.2) is 4.99 Å². The van der Waals surface area contributed by atoms with Crippen LogP contribution in [0.1, 0.15) is 31.2 Å². The number of aliphatic imine (C=N–C) groups is 1. The van der Waals surface area contributed by atoms with Crippen LogP contribution in [-0.4, -0.2) is 26.3 Å². The lowest BCUT2D eigenvalue weighted by molar-refractivity contribution is 0.198. The highest BCUT2D eigenvalue weighted by Crippen LogP contribution is 2.35. The van der Waals surface area contributed by atoms with Gasteiger partial charge in [0.2, 0.25) is 0 Å². The molecule has 0 aliphatic heterocycles. The van der Waals surface area contributed by atoms with Crippen molar-refractivity contribution in [1.29, 1.82) is 0 Å². The number of hydrogen-bond acceptors (Lipinski definition) is 4. The number of methoxy groups -OCH3 is 2. The number of guanidine groups is 1. The second kappa shape index (κ2) is 11.3. The molecule has 6 nitrogen and oxygen atoms in total. The van der Waals surface area contributed by atoms with E-state index < -0.39 is 0 Å². The summed E-state index contributed by atoms with van der Waals surface area (Å²) in [5.74, 6) is 2.36. The monoisotopic (exact) mass is 531 g/mol. The number of rotatable bonds is 7. The number of benzene rings is 2. The van der Waals surface area contributed by atoms with Crippen LogP contribution in [-0.2, 0) is 6.54 Å². The Labute approximate surface area is 193 Å². The SMILES string of the molecule is COc1ccc(NC(N)=NCc2cccc(OC)c2OC2CCCC2)cc1Cl.I. The Bertz CT molecular complexity index is 842. The Kier molecular flexibility index (Phi) is 9.16. The quantitative estimate of drug-likeness (QED) is 0.291. The van der Waals surface area contributed by atoms with Crippen molar-refractivity contribution in [1.82, 2.24) is 0 Å². The van der Waals surface area contributed by atoms with E-state index in [1.807, 2.05) is 24.3 Å². The van der Waals surface area contributed by atoms with E-state index in [9.17, 15) is 0 Å². The van der Waals surface area contributed by atoms with Crippen LogP contribution in [0.3, 0.4) is 0 Å². The number of hydrogen-bond donors (Lipinski definition) is 2. The second-order valence-corrected chi connectivity index (χ2v) is 7.06. The van der Waals surface area contributed by atoms with E-state index in [4.69, 9.17) is 31.5 Å². The van der Waals surface area contributed by atoms with Gasteiger partial charge in [0.1, 0.15) is 5.75 Å². The van der Waals surface area contributed by atoms with Crippen molar-refractivity contribution in [2.75, 3.05) is 19.5 Å². The smallest absolute Gasteiger partial charge is 0.193 e. The summed E-state index contributed by atoms with van der Waals surface area (Å²) < 4.78 is 16.9. The van der Waals surface area contributed by atoms with Gasteiger partial charge in [-0.05, 0) is 49.9 Å². The van der Waals surface area contributed by atoms with E-state index in [0.717, 1.165) is 29.8 Å². The van der Waals surface area contributed by atoms with Crippen molar-refractivity contribution in [3.05, 3.63) is 47.0 Å². The third-order valence-electron chi connectivity index (χ3n) is 4.71. The number of anilines is 1. The summed E-state index contributed by atoms with van der Waals surface area (Å²) in [4.78, 5) is 4.45. The summed E-state index contributed by atoms with van der Waals surface area (Å²) in [5, 5.41) is 3.54. The molecule has 0 amide bonds. The van der Waals surface area contributed by atoms with Crippen molar-refractivity contribution in [2.45, 2.75) is 38.3 Å². The maximum Gasteiger partial charge on any atom is 0.193 e. The molecule has 1 fully saturated rings. The average Bonchev–Trinajstić information content (AvgIpc) is 3.20. The first-order valence-corrected chi connectivity index (χ1v) is 9.71. The Hall–Kier alpha value is -1.87. The fourth-order valence-electron chi connectivity index (χ4n) is 3.26. The van der Waals surface area contributed by atoms with Gasteiger partial charge in [-0.2, -0.15) is 0 Å². The van der Waals surface area contributed by atoms with E-state index in [1.165, 1.54) is 12.8 Å². The minimum atomic E-state index is 0. The molecule has 0 bridgehead atoms. The van der Waals surface area contributed by atoms with Gasteiger partial charge in [-0.3, -0.25) is 0 Å². The molecule has 0 radical (unpaired) electrons. The lowest BCUT2D eigenvalue weighted by Gasteiger charge is -2.18. The van der Waals surface area contributed by atoms with Crippen LogP contribution in [0.4, 0.5) is 5.69 Å². The average molecular weight is 532 g/mol. The summed E-state index contributed by atoms with van der Waals surface area (Å²) >= 11 is 6.14. The van der Waals surface area contributed by atoms with Gasteiger partial charge in [0.05, 0.1) is 31.9 Å². The van der Waals surface area contributed by atoms with Gasteiger partial charge in [-0.15, -0.1) is 24.0 Å². The lowest BCUT2D eigenvalue weighted by Crippen LogP contribution is -2.22. The van der Waals surface area contributed by atoms with Gasteiger partial charge in [-0.1, -0.05) is 23.7 Å². The summed E-state index contributed by atoms with van der Waals surface area (Å²) in [6, 6.07) is 11.1. The molecule has 0 spiro atoms. The van der Waals surface area contributed by atoms with Gasteiger partial charge in [0.25, 0.3) is 0 Å². The Morgan fingerprint density at radius 2 is 1.86 bits per heavy atom. The number of nitrogens with zero attached hydrogens (tertiary/aromatic N) is 1. The van der Waals surface area contributed by atoms with Crippen molar-refractivity contribution < 1.29 is 14.2 Å². The van der Waals surface area contributed by atoms with Crippen LogP contribution in [0.15, 0.2) is 41.4 Å². The standard InChI is InChI=1S/C21H26ClN3O3.HI/c1-26-18-11-10-15(12-17(18)22)25-21(23)24-13-14-6-5-9-19(27-2)20(14)28-16-7-3-4-8-16;/h5-6,9-12,16H,3-4,7-8,13H2,1-2H3,(H3,23,24,25);1H. The van der Waals surface area contributed by atoms with E-state index in [2.05, 4.69) is 10.3 Å². The minimum Gasteiger partial charge on any atom is -0.495 e. The molecule has 3 N–H and O–H groups in total. The van der Waals surface area contributed by atoms with E-state index in [1.54, 1.807) is 26.4 Å². The largest absolute Gasteiger partial charge is 0.495 e. The first-order chi connectivity index (χ1) is 13.6. The molecule has 1 aliphatic carbocycles. The van der Waals surface area contributed by atoms with E-state index in [-0.39, 0.29) is 36.0 Å². The maximum absolute atomic E-state index is 6.23. The molecule has 1 saturated carbocycles. The first kappa shape index (κ1) is 23.4. The zero-order chi connectivity index (χ0) is 19.9. The lowest BCUT2D eigenvalue weighted by atomic mass is 10.1. The van der Waals surface area contributed by atoms with Gasteiger partial charge < -0.3 is 25.3 Å². The molecule has 8 heteroatoms. The molecule has 3 rings (SSSR count). The molecule has 158 valence electrons. The number of nitrogens with one attached hydrogen (secondary N) is 1. The Balaban J connectivity index is 0.00000300. The van der Waals surface area contributed by atoms with Crippen LogP contribution >= 0.6 is 35.6 Å². The molecule has 0 heterocycles. The van der Waals surface area contributed by atoms with Crippen LogP contribution in [0.5, 0.6) is 17.2 Å². The number of ether oxygens (including phenoxy) is 3. The molecule has 0 aromatic heterocycles. The Morgan fingerprint density at radius 1 is 1.14 bits per heavy atom. The first-order valence-electron chi connectivity index (χ1n) is 9.33. The van der Waals surface area contributed by atoms with Crippen LogP contribution in [0, 0.1) is 0 Å². The molecule has 0 saturated heterocycles. The number of para-hydroxylation sites is 1. The molecule has 0 unspecified atom stereocenters. The van der Waals surface area contributed by atoms with Crippen LogP contribution in [0.25, 0.3) is 0 Å². The fourth-order valence-corrected chi connectivity index (χ4v) is 3.51. The van der Waals surface area contributed by atoms with Gasteiger partial charge in [0, 0.05) is 11.3 Å². The van der Waals surface area contributed by atoms with E-state index >= 15 is 0 Å². The predicted octanol–water partition coefficient (Wildman–Crippen LogP) is 5.22. The minimum absolute atomic E-state index is 0. The predicted molar refractivity (Wildman–Crippen MR) is 128 cm³/mol. The molecule has 29 heavy (non-hydrogen) atoms.